The SMILES string of the molecule is Cn1nc(C(F)(F)F)cc1-c1sc(C(N)=O)nc1-c1c(F)cccc1F. The van der Waals surface area contributed by atoms with E-state index in [1.165, 1.54) is 7.05 Å². The molecule has 0 fully saturated rings. The molecule has 136 valence electrons. The van der Waals surface area contributed by atoms with Gasteiger partial charge in [-0.2, -0.15) is 18.3 Å². The van der Waals surface area contributed by atoms with Gasteiger partial charge < -0.3 is 5.73 Å². The summed E-state index contributed by atoms with van der Waals surface area (Å²) in [5, 5.41) is 3.06. The van der Waals surface area contributed by atoms with Gasteiger partial charge in [0, 0.05) is 7.05 Å². The minimum absolute atomic E-state index is 0.0618. The maximum Gasteiger partial charge on any atom is 0.435 e. The molecule has 0 saturated carbocycles. The van der Waals surface area contributed by atoms with E-state index >= 15 is 0 Å². The molecule has 0 unspecified atom stereocenters. The minimum Gasteiger partial charge on any atom is -0.364 e. The number of rotatable bonds is 3. The van der Waals surface area contributed by atoms with E-state index in [0.717, 1.165) is 22.9 Å². The fourth-order valence-electron chi connectivity index (χ4n) is 2.31. The Kier molecular flexibility index (Phi) is 4.26. The minimum atomic E-state index is -4.71. The Morgan fingerprint density at radius 3 is 2.35 bits per heavy atom. The zero-order valence-electron chi connectivity index (χ0n) is 12.9. The van der Waals surface area contributed by atoms with Crippen LogP contribution in [0, 0.1) is 11.6 Å². The first-order valence-corrected chi connectivity index (χ1v) is 7.78. The zero-order valence-corrected chi connectivity index (χ0v) is 13.8. The summed E-state index contributed by atoms with van der Waals surface area (Å²) < 4.78 is 67.9. The lowest BCUT2D eigenvalue weighted by molar-refractivity contribution is -0.141. The van der Waals surface area contributed by atoms with Crippen molar-refractivity contribution in [1.29, 1.82) is 0 Å². The number of hydrogen-bond acceptors (Lipinski definition) is 4. The molecule has 0 spiro atoms. The number of primary amides is 1. The topological polar surface area (TPSA) is 73.8 Å². The smallest absolute Gasteiger partial charge is 0.364 e. The van der Waals surface area contributed by atoms with Gasteiger partial charge in [0.05, 0.1) is 21.8 Å². The number of carbonyl (C=O) groups is 1. The number of amides is 1. The molecule has 1 aromatic carbocycles. The van der Waals surface area contributed by atoms with Gasteiger partial charge in [0.2, 0.25) is 0 Å². The van der Waals surface area contributed by atoms with Gasteiger partial charge in [-0.1, -0.05) is 6.07 Å². The van der Waals surface area contributed by atoms with Crippen LogP contribution in [0.1, 0.15) is 15.5 Å². The molecule has 0 aliphatic carbocycles. The number of nitrogens with zero attached hydrogens (tertiary/aromatic N) is 3. The maximum atomic E-state index is 14.1. The third kappa shape index (κ3) is 3.05. The predicted octanol–water partition coefficient (Wildman–Crippen LogP) is 3.61. The van der Waals surface area contributed by atoms with Crippen molar-refractivity contribution in [2.24, 2.45) is 12.8 Å². The van der Waals surface area contributed by atoms with Crippen molar-refractivity contribution in [2.45, 2.75) is 6.18 Å². The van der Waals surface area contributed by atoms with E-state index in [1.807, 2.05) is 0 Å². The van der Waals surface area contributed by atoms with Gasteiger partial charge in [-0.25, -0.2) is 13.8 Å². The molecule has 2 heterocycles. The van der Waals surface area contributed by atoms with E-state index in [9.17, 15) is 26.7 Å². The molecule has 0 radical (unpaired) electrons. The molecule has 0 aliphatic heterocycles. The molecule has 0 aliphatic rings. The number of nitrogens with two attached hydrogens (primary N) is 1. The molecule has 2 aromatic heterocycles. The number of thiazole rings is 1. The van der Waals surface area contributed by atoms with Crippen LogP contribution in [0.15, 0.2) is 24.3 Å². The van der Waals surface area contributed by atoms with Crippen molar-refractivity contribution in [3.63, 3.8) is 0 Å². The number of aromatic nitrogens is 3. The van der Waals surface area contributed by atoms with Gasteiger partial charge >= 0.3 is 6.18 Å². The molecule has 5 nitrogen and oxygen atoms in total. The molecule has 3 rings (SSSR count). The summed E-state index contributed by atoms with van der Waals surface area (Å²) in [6, 6.07) is 3.77. The van der Waals surface area contributed by atoms with E-state index in [4.69, 9.17) is 5.73 Å². The number of benzene rings is 1. The predicted molar refractivity (Wildman–Crippen MR) is 83.2 cm³/mol. The van der Waals surface area contributed by atoms with Crippen molar-refractivity contribution < 1.29 is 26.7 Å². The van der Waals surface area contributed by atoms with Gasteiger partial charge in [-0.15, -0.1) is 11.3 Å². The van der Waals surface area contributed by atoms with E-state index < -0.39 is 35.0 Å². The first-order chi connectivity index (χ1) is 12.1. The van der Waals surface area contributed by atoms with Crippen LogP contribution in [-0.4, -0.2) is 20.7 Å². The highest BCUT2D eigenvalue weighted by Gasteiger charge is 2.35. The van der Waals surface area contributed by atoms with Crippen LogP contribution in [-0.2, 0) is 13.2 Å². The largest absolute Gasteiger partial charge is 0.435 e. The van der Waals surface area contributed by atoms with Crippen molar-refractivity contribution in [2.75, 3.05) is 0 Å². The van der Waals surface area contributed by atoms with Crippen LogP contribution in [0.3, 0.4) is 0 Å². The number of aryl methyl sites for hydroxylation is 1. The van der Waals surface area contributed by atoms with E-state index in [2.05, 4.69) is 10.1 Å². The highest BCUT2D eigenvalue weighted by Crippen LogP contribution is 2.40. The first kappa shape index (κ1) is 18.0. The quantitative estimate of drug-likeness (QED) is 0.697. The highest BCUT2D eigenvalue weighted by atomic mass is 32.1. The van der Waals surface area contributed by atoms with Gasteiger partial charge in [-0.3, -0.25) is 9.48 Å². The Morgan fingerprint density at radius 1 is 1.23 bits per heavy atom. The fraction of sp³-hybridized carbons (Fsp3) is 0.133. The lowest BCUT2D eigenvalue weighted by Gasteiger charge is -2.05. The maximum absolute atomic E-state index is 14.1. The summed E-state index contributed by atoms with van der Waals surface area (Å²) >= 11 is 0.624. The van der Waals surface area contributed by atoms with Crippen LogP contribution in [0.25, 0.3) is 21.8 Å². The summed E-state index contributed by atoms with van der Waals surface area (Å²) in [4.78, 5) is 15.2. The molecule has 1 amide bonds. The van der Waals surface area contributed by atoms with Gasteiger partial charge in [0.25, 0.3) is 5.91 Å². The summed E-state index contributed by atoms with van der Waals surface area (Å²) in [5.41, 5.74) is 2.97. The van der Waals surface area contributed by atoms with Crippen LogP contribution in [0.5, 0.6) is 0 Å². The Morgan fingerprint density at radius 2 is 1.85 bits per heavy atom. The monoisotopic (exact) mass is 388 g/mol. The third-order valence-corrected chi connectivity index (χ3v) is 4.53. The van der Waals surface area contributed by atoms with Crippen molar-refractivity contribution in [3.8, 4) is 21.8 Å². The van der Waals surface area contributed by atoms with Gasteiger partial charge in [0.1, 0.15) is 11.6 Å². The Hall–Kier alpha value is -2.82. The lowest BCUT2D eigenvalue weighted by atomic mass is 10.1. The summed E-state index contributed by atoms with van der Waals surface area (Å²) in [6.07, 6.45) is -4.71. The van der Waals surface area contributed by atoms with E-state index in [1.54, 1.807) is 0 Å². The van der Waals surface area contributed by atoms with Crippen LogP contribution in [0.4, 0.5) is 22.0 Å². The van der Waals surface area contributed by atoms with Gasteiger partial charge in [-0.05, 0) is 18.2 Å². The highest BCUT2D eigenvalue weighted by molar-refractivity contribution is 7.17. The van der Waals surface area contributed by atoms with E-state index in [-0.39, 0.29) is 21.3 Å². The third-order valence-electron chi connectivity index (χ3n) is 3.44. The fourth-order valence-corrected chi connectivity index (χ4v) is 3.28. The van der Waals surface area contributed by atoms with E-state index in [0.29, 0.717) is 17.4 Å². The molecule has 3 aromatic rings. The Bertz CT molecular complexity index is 988. The molecular weight excluding hydrogens is 379 g/mol. The summed E-state index contributed by atoms with van der Waals surface area (Å²) in [6.45, 7) is 0. The Balaban J connectivity index is 2.29. The first-order valence-electron chi connectivity index (χ1n) is 6.96. The second-order valence-electron chi connectivity index (χ2n) is 5.19. The van der Waals surface area contributed by atoms with Crippen LogP contribution in [0.2, 0.25) is 0 Å². The number of alkyl halides is 3. The molecule has 0 bridgehead atoms. The average molecular weight is 388 g/mol. The summed E-state index contributed by atoms with van der Waals surface area (Å²) in [5.74, 6) is -2.94. The molecule has 2 N–H and O–H groups in total. The Labute approximate surface area is 146 Å². The second kappa shape index (κ2) is 6.16. The molecule has 0 saturated heterocycles. The van der Waals surface area contributed by atoms with Crippen molar-refractivity contribution >= 4 is 17.2 Å². The van der Waals surface area contributed by atoms with Crippen molar-refractivity contribution in [1.82, 2.24) is 14.8 Å². The lowest BCUT2D eigenvalue weighted by Crippen LogP contribution is -2.10. The average Bonchev–Trinajstić information content (AvgIpc) is 3.10. The standard InChI is InChI=1S/C15H9F5N4OS/c1-24-8(5-9(23-24)15(18,19)20)12-11(22-14(26-12)13(21)25)10-6(16)3-2-4-7(10)17/h2-5H,1H3,(H2,21,25). The van der Waals surface area contributed by atoms with Crippen LogP contribution >= 0.6 is 11.3 Å². The number of carbonyl (C=O) groups excluding carboxylic acids is 1. The number of hydrogen-bond donors (Lipinski definition) is 1. The number of halogens is 5. The second-order valence-corrected chi connectivity index (χ2v) is 6.19. The molecular formula is C15H9F5N4OS. The zero-order chi connectivity index (χ0) is 19.2. The molecule has 11 heteroatoms. The van der Waals surface area contributed by atoms with Gasteiger partial charge in [0.15, 0.2) is 10.7 Å². The molecule has 26 heavy (non-hydrogen) atoms. The van der Waals surface area contributed by atoms with Crippen LogP contribution < -0.4 is 5.73 Å². The molecule has 0 atom stereocenters. The summed E-state index contributed by atoms with van der Waals surface area (Å²) in [7, 11) is 1.23. The normalized spacial score (nSPS) is 11.8. The van der Waals surface area contributed by atoms with Crippen molar-refractivity contribution in [3.05, 3.63) is 46.6 Å².